The Labute approximate surface area is 122 Å². The van der Waals surface area contributed by atoms with E-state index in [9.17, 15) is 10.2 Å². The number of hydrogen-bond acceptors (Lipinski definition) is 5. The molecule has 5 nitrogen and oxygen atoms in total. The number of phenols is 2. The monoisotopic (exact) mass is 332 g/mol. The molecule has 0 fully saturated rings. The zero-order chi connectivity index (χ0) is 14.1. The van der Waals surface area contributed by atoms with Gasteiger partial charge in [0.25, 0.3) is 5.89 Å². The zero-order valence-corrected chi connectivity index (χ0v) is 11.7. The van der Waals surface area contributed by atoms with Gasteiger partial charge in [-0.1, -0.05) is 39.3 Å². The predicted octanol–water partition coefficient (Wildman–Crippen LogP) is 3.58. The molecular weight excluding hydrogens is 324 g/mol. The number of rotatable bonds is 2. The van der Waals surface area contributed by atoms with Crippen molar-refractivity contribution in [3.8, 4) is 34.3 Å². The zero-order valence-electron chi connectivity index (χ0n) is 10.1. The highest BCUT2D eigenvalue weighted by Crippen LogP contribution is 2.36. The standard InChI is InChI=1S/C14H9BrN2O3/c15-10-6-2-1-4-8(10)13-16-14(20-17-13)9-5-3-7-11(18)12(9)19/h1-7,18-19H. The first-order chi connectivity index (χ1) is 9.66. The highest BCUT2D eigenvalue weighted by molar-refractivity contribution is 9.10. The van der Waals surface area contributed by atoms with E-state index in [-0.39, 0.29) is 23.0 Å². The average molecular weight is 333 g/mol. The van der Waals surface area contributed by atoms with Crippen LogP contribution in [0.2, 0.25) is 0 Å². The third-order valence-corrected chi connectivity index (χ3v) is 3.48. The Bertz CT molecular complexity index is 771. The van der Waals surface area contributed by atoms with Gasteiger partial charge in [0.15, 0.2) is 11.5 Å². The van der Waals surface area contributed by atoms with Crippen molar-refractivity contribution in [2.45, 2.75) is 0 Å². The van der Waals surface area contributed by atoms with Gasteiger partial charge in [-0.25, -0.2) is 0 Å². The molecule has 20 heavy (non-hydrogen) atoms. The normalized spacial score (nSPS) is 10.7. The summed E-state index contributed by atoms with van der Waals surface area (Å²) in [7, 11) is 0. The van der Waals surface area contributed by atoms with Gasteiger partial charge in [0.2, 0.25) is 5.82 Å². The van der Waals surface area contributed by atoms with Crippen LogP contribution in [-0.4, -0.2) is 20.4 Å². The largest absolute Gasteiger partial charge is 0.504 e. The summed E-state index contributed by atoms with van der Waals surface area (Å²) in [5.41, 5.74) is 1.07. The van der Waals surface area contributed by atoms with E-state index in [1.165, 1.54) is 6.07 Å². The molecule has 2 aromatic carbocycles. The molecule has 3 rings (SSSR count). The quantitative estimate of drug-likeness (QED) is 0.701. The van der Waals surface area contributed by atoms with Gasteiger partial charge in [0.05, 0.1) is 5.56 Å². The molecular formula is C14H9BrN2O3. The Hall–Kier alpha value is -2.34. The first-order valence-electron chi connectivity index (χ1n) is 5.77. The van der Waals surface area contributed by atoms with Gasteiger partial charge in [0, 0.05) is 10.0 Å². The summed E-state index contributed by atoms with van der Waals surface area (Å²) < 4.78 is 5.98. The number of hydrogen-bond donors (Lipinski definition) is 2. The molecule has 0 atom stereocenters. The van der Waals surface area contributed by atoms with Crippen LogP contribution >= 0.6 is 15.9 Å². The molecule has 0 amide bonds. The lowest BCUT2D eigenvalue weighted by molar-refractivity contribution is 0.397. The SMILES string of the molecule is Oc1cccc(-c2nc(-c3ccccc3Br)no2)c1O. The van der Waals surface area contributed by atoms with Crippen LogP contribution < -0.4 is 0 Å². The van der Waals surface area contributed by atoms with Crippen molar-refractivity contribution in [2.75, 3.05) is 0 Å². The van der Waals surface area contributed by atoms with E-state index in [4.69, 9.17) is 4.52 Å². The summed E-state index contributed by atoms with van der Waals surface area (Å²) >= 11 is 3.41. The number of nitrogens with zero attached hydrogens (tertiary/aromatic N) is 2. The van der Waals surface area contributed by atoms with Crippen molar-refractivity contribution in [1.82, 2.24) is 10.1 Å². The van der Waals surface area contributed by atoms with Crippen molar-refractivity contribution in [1.29, 1.82) is 0 Å². The summed E-state index contributed by atoms with van der Waals surface area (Å²) in [5.74, 6) is 0.0253. The fraction of sp³-hybridized carbons (Fsp3) is 0. The maximum Gasteiger partial charge on any atom is 0.262 e. The number of aromatic hydroxyl groups is 2. The van der Waals surface area contributed by atoms with Gasteiger partial charge in [-0.05, 0) is 24.3 Å². The molecule has 0 aliphatic heterocycles. The fourth-order valence-corrected chi connectivity index (χ4v) is 2.25. The fourth-order valence-electron chi connectivity index (χ4n) is 1.79. The number of phenolic OH excluding ortho intramolecular Hbond substituents is 2. The molecule has 100 valence electrons. The van der Waals surface area contributed by atoms with E-state index in [1.807, 2.05) is 24.3 Å². The Kier molecular flexibility index (Phi) is 3.15. The summed E-state index contributed by atoms with van der Waals surface area (Å²) in [5, 5.41) is 23.2. The van der Waals surface area contributed by atoms with Crippen LogP contribution in [0.1, 0.15) is 0 Å². The molecule has 2 N–H and O–H groups in total. The summed E-state index contributed by atoms with van der Waals surface area (Å²) in [4.78, 5) is 4.23. The molecule has 0 aliphatic rings. The molecule has 0 radical (unpaired) electrons. The minimum Gasteiger partial charge on any atom is -0.504 e. The van der Waals surface area contributed by atoms with Crippen LogP contribution in [0.15, 0.2) is 51.5 Å². The van der Waals surface area contributed by atoms with E-state index in [0.29, 0.717) is 5.82 Å². The van der Waals surface area contributed by atoms with Crippen molar-refractivity contribution in [3.05, 3.63) is 46.9 Å². The van der Waals surface area contributed by atoms with Crippen LogP contribution in [0.25, 0.3) is 22.8 Å². The minimum absolute atomic E-state index is 0.143. The number of benzene rings is 2. The first-order valence-corrected chi connectivity index (χ1v) is 6.56. The smallest absolute Gasteiger partial charge is 0.262 e. The topological polar surface area (TPSA) is 79.4 Å². The summed E-state index contributed by atoms with van der Waals surface area (Å²) in [6, 6.07) is 12.0. The Morgan fingerprint density at radius 2 is 1.70 bits per heavy atom. The van der Waals surface area contributed by atoms with Crippen LogP contribution in [-0.2, 0) is 0 Å². The van der Waals surface area contributed by atoms with E-state index in [0.717, 1.165) is 10.0 Å². The molecule has 1 aromatic heterocycles. The van der Waals surface area contributed by atoms with Gasteiger partial charge in [-0.3, -0.25) is 0 Å². The van der Waals surface area contributed by atoms with Gasteiger partial charge >= 0.3 is 0 Å². The van der Waals surface area contributed by atoms with E-state index in [2.05, 4.69) is 26.1 Å². The maximum atomic E-state index is 9.80. The molecule has 0 spiro atoms. The molecule has 0 saturated carbocycles. The first kappa shape index (κ1) is 12.7. The van der Waals surface area contributed by atoms with E-state index >= 15 is 0 Å². The predicted molar refractivity (Wildman–Crippen MR) is 76.2 cm³/mol. The average Bonchev–Trinajstić information content (AvgIpc) is 2.92. The Morgan fingerprint density at radius 3 is 2.50 bits per heavy atom. The van der Waals surface area contributed by atoms with Crippen molar-refractivity contribution in [2.24, 2.45) is 0 Å². The van der Waals surface area contributed by atoms with Crippen LogP contribution in [0.5, 0.6) is 11.5 Å². The van der Waals surface area contributed by atoms with Crippen molar-refractivity contribution >= 4 is 15.9 Å². The molecule has 0 unspecified atom stereocenters. The lowest BCUT2D eigenvalue weighted by Gasteiger charge is -2.00. The van der Waals surface area contributed by atoms with E-state index in [1.54, 1.807) is 12.1 Å². The molecule has 0 bridgehead atoms. The lowest BCUT2D eigenvalue weighted by Crippen LogP contribution is -1.83. The molecule has 0 aliphatic carbocycles. The molecule has 3 aromatic rings. The second kappa shape index (κ2) is 4.97. The second-order valence-electron chi connectivity index (χ2n) is 4.08. The third kappa shape index (κ3) is 2.14. The second-order valence-corrected chi connectivity index (χ2v) is 4.93. The van der Waals surface area contributed by atoms with Gasteiger partial charge in [0.1, 0.15) is 0 Å². The van der Waals surface area contributed by atoms with Gasteiger partial charge < -0.3 is 14.7 Å². The third-order valence-electron chi connectivity index (χ3n) is 2.79. The van der Waals surface area contributed by atoms with Crippen molar-refractivity contribution < 1.29 is 14.7 Å². The Morgan fingerprint density at radius 1 is 0.950 bits per heavy atom. The molecule has 6 heteroatoms. The highest BCUT2D eigenvalue weighted by atomic mass is 79.9. The molecule has 1 heterocycles. The number of para-hydroxylation sites is 1. The maximum absolute atomic E-state index is 9.80. The Balaban J connectivity index is 2.07. The number of aromatic nitrogens is 2. The van der Waals surface area contributed by atoms with Crippen LogP contribution in [0.4, 0.5) is 0 Å². The molecule has 0 saturated heterocycles. The summed E-state index contributed by atoms with van der Waals surface area (Å²) in [6.07, 6.45) is 0. The van der Waals surface area contributed by atoms with Gasteiger partial charge in [-0.15, -0.1) is 0 Å². The summed E-state index contributed by atoms with van der Waals surface area (Å²) in [6.45, 7) is 0. The van der Waals surface area contributed by atoms with Gasteiger partial charge in [-0.2, -0.15) is 4.98 Å². The minimum atomic E-state index is -0.283. The lowest BCUT2D eigenvalue weighted by atomic mass is 10.2. The highest BCUT2D eigenvalue weighted by Gasteiger charge is 2.16. The van der Waals surface area contributed by atoms with Crippen LogP contribution in [0, 0.1) is 0 Å². The van der Waals surface area contributed by atoms with Crippen molar-refractivity contribution in [3.63, 3.8) is 0 Å². The number of halogens is 1. The van der Waals surface area contributed by atoms with E-state index < -0.39 is 0 Å². The van der Waals surface area contributed by atoms with Crippen LogP contribution in [0.3, 0.4) is 0 Å².